The van der Waals surface area contributed by atoms with Gasteiger partial charge in [0.1, 0.15) is 12.0 Å². The van der Waals surface area contributed by atoms with E-state index in [0.29, 0.717) is 18.4 Å². The Labute approximate surface area is 162 Å². The van der Waals surface area contributed by atoms with E-state index >= 15 is 0 Å². The van der Waals surface area contributed by atoms with Gasteiger partial charge < -0.3 is 0 Å². The third-order valence-corrected chi connectivity index (χ3v) is 7.70. The van der Waals surface area contributed by atoms with Crippen molar-refractivity contribution in [1.29, 1.82) is 0 Å². The number of hydrogen-bond donors (Lipinski definition) is 3. The van der Waals surface area contributed by atoms with Gasteiger partial charge in [-0.05, 0) is 31.0 Å². The number of aromatic nitrogens is 2. The maximum absolute atomic E-state index is 13.1. The lowest BCUT2D eigenvalue weighted by Gasteiger charge is -2.15. The van der Waals surface area contributed by atoms with E-state index in [4.69, 9.17) is 0 Å². The fourth-order valence-corrected chi connectivity index (χ4v) is 5.56. The third kappa shape index (κ3) is 3.24. The van der Waals surface area contributed by atoms with Gasteiger partial charge in [-0.3, -0.25) is 9.13 Å². The molecule has 2 unspecified atom stereocenters. The number of fused-ring (bicyclic) bond motifs is 1. The van der Waals surface area contributed by atoms with Crippen molar-refractivity contribution in [3.05, 3.63) is 28.7 Å². The minimum absolute atomic E-state index is 0.125. The second-order valence-electron chi connectivity index (χ2n) is 6.91. The molecular formula is C15H18F3N5O3S2. The molecule has 3 N–H and O–H groups in total. The summed E-state index contributed by atoms with van der Waals surface area (Å²) in [5, 5.41) is -1.21. The van der Waals surface area contributed by atoms with Crippen LogP contribution in [0.2, 0.25) is 0 Å². The van der Waals surface area contributed by atoms with Crippen LogP contribution in [0.4, 0.5) is 13.2 Å². The molecule has 2 fully saturated rings. The molecule has 2 atom stereocenters. The summed E-state index contributed by atoms with van der Waals surface area (Å²) in [5.74, 6) is 0. The topological polar surface area (TPSA) is 97.2 Å². The van der Waals surface area contributed by atoms with Crippen LogP contribution in [-0.2, 0) is 17.1 Å². The van der Waals surface area contributed by atoms with E-state index < -0.39 is 45.2 Å². The molecule has 1 aliphatic carbocycles. The number of halogens is 3. The summed E-state index contributed by atoms with van der Waals surface area (Å²) in [5.41, 5.74) is 3.38. The van der Waals surface area contributed by atoms with Crippen molar-refractivity contribution in [3.8, 4) is 0 Å². The number of benzene rings is 1. The average Bonchev–Trinajstić information content (AvgIpc) is 3.15. The Morgan fingerprint density at radius 1 is 1.32 bits per heavy atom. The van der Waals surface area contributed by atoms with Crippen LogP contribution in [0.1, 0.15) is 18.3 Å². The highest BCUT2D eigenvalue weighted by Gasteiger charge is 2.46. The van der Waals surface area contributed by atoms with E-state index in [2.05, 4.69) is 15.6 Å². The molecule has 13 heteroatoms. The number of nitrogens with zero attached hydrogens (tertiary/aromatic N) is 2. The predicted octanol–water partition coefficient (Wildman–Crippen LogP) is 1.01. The van der Waals surface area contributed by atoms with Crippen molar-refractivity contribution in [2.45, 2.75) is 40.6 Å². The van der Waals surface area contributed by atoms with E-state index in [9.17, 15) is 26.4 Å². The summed E-state index contributed by atoms with van der Waals surface area (Å²) in [7, 11) is -2.50. The Kier molecular flexibility index (Phi) is 4.77. The highest BCUT2D eigenvalue weighted by Crippen LogP contribution is 2.38. The standard InChI is InChI=1S/C15H18F3N5O3S2/c1-22-9-3-2-8(28(25,26)21-15(7-16)4-5-15)6-10(9)23(14(22)24)13-20-19-12(27-13)11(17)18/h2-3,6,11-13,19-21H,4-5,7H2,1H3. The smallest absolute Gasteiger partial charge is 0.295 e. The number of aryl methyl sites for hydroxylation is 1. The van der Waals surface area contributed by atoms with Crippen LogP contribution in [-0.4, -0.2) is 41.6 Å². The zero-order valence-electron chi connectivity index (χ0n) is 14.7. The Morgan fingerprint density at radius 2 is 2.04 bits per heavy atom. The maximum Gasteiger partial charge on any atom is 0.330 e. The highest BCUT2D eigenvalue weighted by atomic mass is 32.2. The van der Waals surface area contributed by atoms with E-state index in [1.54, 1.807) is 0 Å². The summed E-state index contributed by atoms with van der Waals surface area (Å²) in [4.78, 5) is 12.5. The van der Waals surface area contributed by atoms with Gasteiger partial charge in [0.25, 0.3) is 6.43 Å². The maximum atomic E-state index is 13.1. The van der Waals surface area contributed by atoms with Crippen molar-refractivity contribution >= 4 is 32.8 Å². The Bertz CT molecular complexity index is 1080. The molecule has 28 heavy (non-hydrogen) atoms. The SMILES string of the molecule is Cn1c(=O)n(C2NNC(C(F)F)S2)c2cc(S(=O)(=O)NC3(CF)CC3)ccc21. The molecule has 2 heterocycles. The summed E-state index contributed by atoms with van der Waals surface area (Å²) in [6.45, 7) is -0.798. The van der Waals surface area contributed by atoms with E-state index in [1.807, 2.05) is 0 Å². The normalized spacial score (nSPS) is 24.3. The second kappa shape index (κ2) is 6.76. The van der Waals surface area contributed by atoms with Gasteiger partial charge in [0.05, 0.1) is 21.5 Å². The lowest BCUT2D eigenvalue weighted by molar-refractivity contribution is 0.131. The van der Waals surface area contributed by atoms with Crippen LogP contribution in [0.15, 0.2) is 27.9 Å². The summed E-state index contributed by atoms with van der Waals surface area (Å²) < 4.78 is 69.2. The number of sulfonamides is 1. The number of hydrazine groups is 1. The first-order chi connectivity index (χ1) is 13.2. The molecule has 2 aliphatic rings. The molecule has 1 aromatic carbocycles. The predicted molar refractivity (Wildman–Crippen MR) is 98.1 cm³/mol. The van der Waals surface area contributed by atoms with E-state index in [1.165, 1.54) is 34.4 Å². The Balaban J connectivity index is 1.76. The molecule has 154 valence electrons. The molecule has 1 aliphatic heterocycles. The van der Waals surface area contributed by atoms with Crippen molar-refractivity contribution < 1.29 is 21.6 Å². The number of alkyl halides is 3. The van der Waals surface area contributed by atoms with Crippen molar-refractivity contribution in [2.75, 3.05) is 6.67 Å². The van der Waals surface area contributed by atoms with Crippen LogP contribution in [0.3, 0.4) is 0 Å². The molecule has 2 aromatic rings. The summed E-state index contributed by atoms with van der Waals surface area (Å²) in [6.07, 6.45) is -1.81. The molecule has 4 rings (SSSR count). The molecule has 0 amide bonds. The first kappa shape index (κ1) is 19.8. The number of nitrogens with one attached hydrogen (secondary N) is 3. The quantitative estimate of drug-likeness (QED) is 0.624. The Hall–Kier alpha value is -1.54. The molecule has 0 spiro atoms. The van der Waals surface area contributed by atoms with Gasteiger partial charge >= 0.3 is 5.69 Å². The molecular weight excluding hydrogens is 419 g/mol. The average molecular weight is 437 g/mol. The minimum atomic E-state index is -4.00. The lowest BCUT2D eigenvalue weighted by Crippen LogP contribution is -2.38. The van der Waals surface area contributed by atoms with Gasteiger partial charge in [0.15, 0.2) is 5.50 Å². The van der Waals surface area contributed by atoms with E-state index in [0.717, 1.165) is 11.8 Å². The van der Waals surface area contributed by atoms with Crippen LogP contribution >= 0.6 is 11.8 Å². The highest BCUT2D eigenvalue weighted by molar-refractivity contribution is 8.00. The molecule has 1 aromatic heterocycles. The molecule has 1 saturated carbocycles. The second-order valence-corrected chi connectivity index (χ2v) is 9.82. The van der Waals surface area contributed by atoms with Crippen molar-refractivity contribution in [1.82, 2.24) is 24.7 Å². The summed E-state index contributed by atoms with van der Waals surface area (Å²) in [6, 6.07) is 4.10. The van der Waals surface area contributed by atoms with Gasteiger partial charge in [0, 0.05) is 7.05 Å². The first-order valence-corrected chi connectivity index (χ1v) is 10.9. The lowest BCUT2D eigenvalue weighted by atomic mass is 10.3. The van der Waals surface area contributed by atoms with Gasteiger partial charge in [-0.25, -0.2) is 42.0 Å². The van der Waals surface area contributed by atoms with Crippen LogP contribution in [0.5, 0.6) is 0 Å². The molecule has 0 radical (unpaired) electrons. The Morgan fingerprint density at radius 3 is 2.61 bits per heavy atom. The number of imidazole rings is 1. The minimum Gasteiger partial charge on any atom is -0.295 e. The molecule has 1 saturated heterocycles. The third-order valence-electron chi connectivity index (χ3n) is 4.92. The van der Waals surface area contributed by atoms with Gasteiger partial charge in [-0.2, -0.15) is 0 Å². The molecule has 8 nitrogen and oxygen atoms in total. The van der Waals surface area contributed by atoms with Crippen LogP contribution in [0, 0.1) is 0 Å². The summed E-state index contributed by atoms with van der Waals surface area (Å²) >= 11 is 0.814. The molecule has 0 bridgehead atoms. The zero-order valence-corrected chi connectivity index (χ0v) is 16.3. The number of thioether (sulfide) groups is 1. The van der Waals surface area contributed by atoms with Gasteiger partial charge in [-0.1, -0.05) is 11.8 Å². The first-order valence-electron chi connectivity index (χ1n) is 8.43. The fourth-order valence-electron chi connectivity index (χ4n) is 3.11. The van der Waals surface area contributed by atoms with Crippen LogP contribution < -0.4 is 21.3 Å². The van der Waals surface area contributed by atoms with Gasteiger partial charge in [0.2, 0.25) is 10.0 Å². The van der Waals surface area contributed by atoms with Crippen molar-refractivity contribution in [3.63, 3.8) is 0 Å². The van der Waals surface area contributed by atoms with Crippen molar-refractivity contribution in [2.24, 2.45) is 7.05 Å². The monoisotopic (exact) mass is 437 g/mol. The number of rotatable bonds is 6. The van der Waals surface area contributed by atoms with Crippen LogP contribution in [0.25, 0.3) is 11.0 Å². The zero-order chi connectivity index (χ0) is 20.3. The fraction of sp³-hybridized carbons (Fsp3) is 0.533. The number of hydrogen-bond acceptors (Lipinski definition) is 6. The van der Waals surface area contributed by atoms with Gasteiger partial charge in [-0.15, -0.1) is 0 Å². The van der Waals surface area contributed by atoms with E-state index in [-0.39, 0.29) is 10.4 Å². The largest absolute Gasteiger partial charge is 0.330 e.